The molecule has 3 nitrogen and oxygen atoms in total. The van der Waals surface area contributed by atoms with E-state index in [0.717, 1.165) is 36.0 Å². The zero-order chi connectivity index (χ0) is 13.8. The summed E-state index contributed by atoms with van der Waals surface area (Å²) in [5, 5.41) is 3.99. The molecule has 0 atom stereocenters. The highest BCUT2D eigenvalue weighted by molar-refractivity contribution is 6.33. The van der Waals surface area contributed by atoms with Gasteiger partial charge in [-0.3, -0.25) is 0 Å². The molecule has 4 heteroatoms. The number of halogens is 1. The molecule has 0 aliphatic rings. The van der Waals surface area contributed by atoms with Crippen molar-refractivity contribution in [2.45, 2.75) is 34.2 Å². The van der Waals surface area contributed by atoms with E-state index < -0.39 is 0 Å². The lowest BCUT2D eigenvalue weighted by atomic mass is 9.96. The summed E-state index contributed by atoms with van der Waals surface area (Å²) in [4.78, 5) is 6.58. The third-order valence-corrected chi connectivity index (χ3v) is 2.81. The van der Waals surface area contributed by atoms with E-state index in [1.165, 1.54) is 0 Å². The van der Waals surface area contributed by atoms with Gasteiger partial charge in [-0.15, -0.1) is 0 Å². The number of hydrogen-bond donors (Lipinski definition) is 1. The van der Waals surface area contributed by atoms with E-state index >= 15 is 0 Å². The molecule has 0 aromatic carbocycles. The summed E-state index contributed by atoms with van der Waals surface area (Å²) < 4.78 is 0. The van der Waals surface area contributed by atoms with E-state index in [1.54, 1.807) is 0 Å². The summed E-state index contributed by atoms with van der Waals surface area (Å²) in [5.41, 5.74) is 1.34. The van der Waals surface area contributed by atoms with Crippen LogP contribution in [-0.4, -0.2) is 25.1 Å². The molecule has 0 bridgehead atoms. The maximum atomic E-state index is 6.30. The quantitative estimate of drug-likeness (QED) is 0.889. The average Bonchev–Trinajstić information content (AvgIpc) is 2.23. The van der Waals surface area contributed by atoms with E-state index in [-0.39, 0.29) is 5.41 Å². The average molecular weight is 270 g/mol. The van der Waals surface area contributed by atoms with Crippen molar-refractivity contribution in [3.8, 4) is 0 Å². The van der Waals surface area contributed by atoms with Crippen LogP contribution in [0, 0.1) is 5.41 Å². The molecule has 1 aromatic heterocycles. The molecule has 102 valence electrons. The minimum atomic E-state index is 0.224. The third kappa shape index (κ3) is 4.83. The highest BCUT2D eigenvalue weighted by atomic mass is 35.5. The lowest BCUT2D eigenvalue weighted by Crippen LogP contribution is -2.30. The third-order valence-electron chi connectivity index (χ3n) is 2.53. The first-order chi connectivity index (χ1) is 8.33. The Hall–Kier alpha value is -0.800. The zero-order valence-electron chi connectivity index (χ0n) is 12.0. The normalized spacial score (nSPS) is 11.7. The number of aromatic nitrogens is 1. The van der Waals surface area contributed by atoms with Gasteiger partial charge in [-0.1, -0.05) is 39.3 Å². The molecule has 0 saturated heterocycles. The zero-order valence-corrected chi connectivity index (χ0v) is 12.8. The van der Waals surface area contributed by atoms with Crippen molar-refractivity contribution in [3.63, 3.8) is 0 Å². The topological polar surface area (TPSA) is 28.2 Å². The van der Waals surface area contributed by atoms with Crippen LogP contribution >= 0.6 is 11.6 Å². The van der Waals surface area contributed by atoms with Crippen molar-refractivity contribution in [2.75, 3.05) is 25.0 Å². The summed E-state index contributed by atoms with van der Waals surface area (Å²) in [5.74, 6) is 0.854. The molecule has 1 N–H and O–H groups in total. The maximum absolute atomic E-state index is 6.30. The van der Waals surface area contributed by atoms with Gasteiger partial charge >= 0.3 is 0 Å². The first-order valence-electron chi connectivity index (χ1n) is 6.40. The predicted molar refractivity (Wildman–Crippen MR) is 79.4 cm³/mol. The van der Waals surface area contributed by atoms with Crippen LogP contribution in [0.25, 0.3) is 0 Å². The molecular weight excluding hydrogens is 246 g/mol. The molecule has 1 rings (SSSR count). The van der Waals surface area contributed by atoms with Crippen molar-refractivity contribution in [3.05, 3.63) is 22.8 Å². The second-order valence-corrected chi connectivity index (χ2v) is 6.25. The van der Waals surface area contributed by atoms with E-state index in [2.05, 4.69) is 42.9 Å². The molecule has 0 unspecified atom stereocenters. The Bertz CT molecular complexity index is 385. The Morgan fingerprint density at radius 3 is 2.56 bits per heavy atom. The van der Waals surface area contributed by atoms with E-state index in [9.17, 15) is 0 Å². The van der Waals surface area contributed by atoms with Gasteiger partial charge in [-0.25, -0.2) is 4.98 Å². The van der Waals surface area contributed by atoms with Crippen molar-refractivity contribution in [1.82, 2.24) is 10.3 Å². The Kier molecular flexibility index (Phi) is 5.42. The molecule has 1 heterocycles. The van der Waals surface area contributed by atoms with E-state index in [4.69, 9.17) is 11.6 Å². The van der Waals surface area contributed by atoms with Gasteiger partial charge in [0.25, 0.3) is 0 Å². The van der Waals surface area contributed by atoms with Gasteiger partial charge in [0.15, 0.2) is 0 Å². The predicted octanol–water partition coefficient (Wildman–Crippen LogP) is 3.33. The van der Waals surface area contributed by atoms with E-state index in [1.807, 2.05) is 19.3 Å². The molecule has 0 radical (unpaired) electrons. The molecule has 0 fully saturated rings. The Morgan fingerprint density at radius 1 is 1.39 bits per heavy atom. The fourth-order valence-corrected chi connectivity index (χ4v) is 2.24. The van der Waals surface area contributed by atoms with Gasteiger partial charge in [-0.2, -0.15) is 0 Å². The van der Waals surface area contributed by atoms with Crippen LogP contribution in [0.15, 0.2) is 12.3 Å². The molecule has 1 aromatic rings. The molecule has 0 saturated carbocycles. The lowest BCUT2D eigenvalue weighted by Gasteiger charge is -2.28. The summed E-state index contributed by atoms with van der Waals surface area (Å²) in [6.45, 7) is 11.4. The highest BCUT2D eigenvalue weighted by Crippen LogP contribution is 2.26. The number of nitrogens with one attached hydrogen (secondary N) is 1. The van der Waals surface area contributed by atoms with Crippen LogP contribution in [0.1, 0.15) is 33.3 Å². The van der Waals surface area contributed by atoms with Gasteiger partial charge in [0, 0.05) is 26.3 Å². The molecular formula is C14H24ClN3. The standard InChI is InChI=1S/C14H24ClN3/c1-6-16-8-11-7-12(15)13(17-9-11)18(5)10-14(2,3)4/h7,9,16H,6,8,10H2,1-5H3. The first-order valence-corrected chi connectivity index (χ1v) is 6.77. The van der Waals surface area contributed by atoms with Crippen molar-refractivity contribution in [2.24, 2.45) is 5.41 Å². The second kappa shape index (κ2) is 6.39. The molecule has 0 spiro atoms. The van der Waals surface area contributed by atoms with Crippen LogP contribution in [-0.2, 0) is 6.54 Å². The van der Waals surface area contributed by atoms with Crippen molar-refractivity contribution in [1.29, 1.82) is 0 Å². The Balaban J connectivity index is 2.78. The smallest absolute Gasteiger partial charge is 0.147 e. The SMILES string of the molecule is CCNCc1cnc(N(C)CC(C)(C)C)c(Cl)c1. The summed E-state index contributed by atoms with van der Waals surface area (Å²) in [7, 11) is 2.03. The fraction of sp³-hybridized carbons (Fsp3) is 0.643. The van der Waals surface area contributed by atoms with Crippen molar-refractivity contribution >= 4 is 17.4 Å². The molecule has 18 heavy (non-hydrogen) atoms. The van der Waals surface area contributed by atoms with Gasteiger partial charge < -0.3 is 10.2 Å². The van der Waals surface area contributed by atoms with Gasteiger partial charge in [0.05, 0.1) is 5.02 Å². The number of rotatable bonds is 5. The maximum Gasteiger partial charge on any atom is 0.147 e. The van der Waals surface area contributed by atoms with Gasteiger partial charge in [-0.05, 0) is 23.6 Å². The molecule has 0 aliphatic carbocycles. The van der Waals surface area contributed by atoms with Gasteiger partial charge in [0.1, 0.15) is 5.82 Å². The fourth-order valence-electron chi connectivity index (χ4n) is 1.90. The monoisotopic (exact) mass is 269 g/mol. The number of anilines is 1. The highest BCUT2D eigenvalue weighted by Gasteiger charge is 2.16. The van der Waals surface area contributed by atoms with E-state index in [0.29, 0.717) is 0 Å². The molecule has 0 aliphatic heterocycles. The lowest BCUT2D eigenvalue weighted by molar-refractivity contribution is 0.418. The van der Waals surface area contributed by atoms with Gasteiger partial charge in [0.2, 0.25) is 0 Å². The summed E-state index contributed by atoms with van der Waals surface area (Å²) in [6.07, 6.45) is 1.89. The second-order valence-electron chi connectivity index (χ2n) is 5.85. The van der Waals surface area contributed by atoms with Crippen LogP contribution in [0.5, 0.6) is 0 Å². The van der Waals surface area contributed by atoms with Crippen LogP contribution in [0.3, 0.4) is 0 Å². The van der Waals surface area contributed by atoms with Crippen LogP contribution in [0.2, 0.25) is 5.02 Å². The number of pyridine rings is 1. The largest absolute Gasteiger partial charge is 0.358 e. The summed E-state index contributed by atoms with van der Waals surface area (Å²) >= 11 is 6.30. The van der Waals surface area contributed by atoms with Crippen LogP contribution < -0.4 is 10.2 Å². The Morgan fingerprint density at radius 2 is 2.06 bits per heavy atom. The van der Waals surface area contributed by atoms with Crippen molar-refractivity contribution < 1.29 is 0 Å². The summed E-state index contributed by atoms with van der Waals surface area (Å²) in [6, 6.07) is 1.99. The first kappa shape index (κ1) is 15.3. The number of nitrogens with zero attached hydrogens (tertiary/aromatic N) is 2. The minimum absolute atomic E-state index is 0.224. The molecule has 0 amide bonds. The number of hydrogen-bond acceptors (Lipinski definition) is 3. The van der Waals surface area contributed by atoms with Crippen LogP contribution in [0.4, 0.5) is 5.82 Å². The Labute approximate surface area is 116 Å². The minimum Gasteiger partial charge on any atom is -0.358 e.